The highest BCUT2D eigenvalue weighted by Crippen LogP contribution is 2.29. The van der Waals surface area contributed by atoms with Crippen molar-refractivity contribution in [3.8, 4) is 0 Å². The zero-order valence-electron chi connectivity index (χ0n) is 15.4. The minimum absolute atomic E-state index is 0.0265. The summed E-state index contributed by atoms with van der Waals surface area (Å²) in [5.41, 5.74) is 2.78. The molecule has 2 amide bonds. The summed E-state index contributed by atoms with van der Waals surface area (Å²) < 4.78 is 5.15. The van der Waals surface area contributed by atoms with E-state index < -0.39 is 11.9 Å². The molecule has 2 aliphatic rings. The number of anilines is 1. The second-order valence-corrected chi connectivity index (χ2v) is 7.36. The van der Waals surface area contributed by atoms with Gasteiger partial charge in [-0.05, 0) is 38.3 Å². The number of hydrogen-bond acceptors (Lipinski definition) is 4. The molecule has 1 aromatic carbocycles. The minimum Gasteiger partial charge on any atom is -0.455 e. The number of nitrogens with zero attached hydrogens (tertiary/aromatic N) is 1. The number of carbonyl (C=O) groups is 3. The summed E-state index contributed by atoms with van der Waals surface area (Å²) >= 11 is 0. The van der Waals surface area contributed by atoms with Crippen molar-refractivity contribution < 1.29 is 19.1 Å². The summed E-state index contributed by atoms with van der Waals surface area (Å²) in [7, 11) is 0. The first-order chi connectivity index (χ1) is 12.4. The smallest absolute Gasteiger partial charge is 0.311 e. The van der Waals surface area contributed by atoms with E-state index in [-0.39, 0.29) is 30.9 Å². The van der Waals surface area contributed by atoms with Crippen molar-refractivity contribution in [3.05, 3.63) is 29.3 Å². The molecule has 1 heterocycles. The second-order valence-electron chi connectivity index (χ2n) is 7.36. The number of hydrogen-bond donors (Lipinski definition) is 1. The molecule has 26 heavy (non-hydrogen) atoms. The molecule has 1 atom stereocenters. The van der Waals surface area contributed by atoms with E-state index >= 15 is 0 Å². The Balaban J connectivity index is 1.47. The summed E-state index contributed by atoms with van der Waals surface area (Å²) in [5.74, 6) is -1.27. The van der Waals surface area contributed by atoms with Crippen molar-refractivity contribution >= 4 is 23.5 Å². The fourth-order valence-electron chi connectivity index (χ4n) is 3.85. The number of rotatable bonds is 5. The molecule has 0 aromatic heterocycles. The Kier molecular flexibility index (Phi) is 5.59. The van der Waals surface area contributed by atoms with Crippen LogP contribution >= 0.6 is 0 Å². The fourth-order valence-corrected chi connectivity index (χ4v) is 3.85. The monoisotopic (exact) mass is 358 g/mol. The average molecular weight is 358 g/mol. The second kappa shape index (κ2) is 7.89. The zero-order chi connectivity index (χ0) is 18.7. The van der Waals surface area contributed by atoms with Crippen molar-refractivity contribution in [1.29, 1.82) is 0 Å². The van der Waals surface area contributed by atoms with Crippen LogP contribution in [0.4, 0.5) is 5.69 Å². The lowest BCUT2D eigenvalue weighted by Crippen LogP contribution is -2.35. The maximum absolute atomic E-state index is 12.2. The molecule has 3 rings (SSSR count). The van der Waals surface area contributed by atoms with Crippen LogP contribution in [-0.4, -0.2) is 41.9 Å². The molecule has 0 radical (unpaired) electrons. The van der Waals surface area contributed by atoms with Crippen molar-refractivity contribution in [2.24, 2.45) is 5.92 Å². The predicted octanol–water partition coefficient (Wildman–Crippen LogP) is 2.58. The Hall–Kier alpha value is -2.37. The Morgan fingerprint density at radius 2 is 1.96 bits per heavy atom. The number of aryl methyl sites for hydroxylation is 2. The van der Waals surface area contributed by atoms with Crippen LogP contribution in [-0.2, 0) is 19.1 Å². The molecule has 0 unspecified atom stereocenters. The third-order valence-corrected chi connectivity index (χ3v) is 5.26. The highest BCUT2D eigenvalue weighted by atomic mass is 16.5. The van der Waals surface area contributed by atoms with Gasteiger partial charge in [0, 0.05) is 24.7 Å². The topological polar surface area (TPSA) is 75.7 Å². The number of amides is 2. The standard InChI is InChI=1S/C20H26N2O4/c1-13-7-8-17(14(2)9-13)21-18(23)12-26-20(25)15-10-19(24)22(11-15)16-5-3-4-6-16/h7-9,15-16H,3-6,10-12H2,1-2H3,(H,21,23)/t15-/m1/s1. The molecule has 140 valence electrons. The molecule has 0 spiro atoms. The number of nitrogens with one attached hydrogen (secondary N) is 1. The SMILES string of the molecule is Cc1ccc(NC(=O)COC(=O)[C@@H]2CC(=O)N(C3CCCC3)C2)c(C)c1. The van der Waals surface area contributed by atoms with Gasteiger partial charge in [-0.25, -0.2) is 0 Å². The molecular formula is C20H26N2O4. The molecule has 6 heteroatoms. The Bertz CT molecular complexity index is 710. The quantitative estimate of drug-likeness (QED) is 0.821. The van der Waals surface area contributed by atoms with Gasteiger partial charge < -0.3 is 15.0 Å². The number of carbonyl (C=O) groups excluding carboxylic acids is 3. The Labute approximate surface area is 153 Å². The molecule has 1 aliphatic carbocycles. The fraction of sp³-hybridized carbons (Fsp3) is 0.550. The summed E-state index contributed by atoms with van der Waals surface area (Å²) in [4.78, 5) is 38.3. The van der Waals surface area contributed by atoms with E-state index in [1.54, 1.807) is 0 Å². The summed E-state index contributed by atoms with van der Waals surface area (Å²) in [5, 5.41) is 2.75. The minimum atomic E-state index is -0.463. The largest absolute Gasteiger partial charge is 0.455 e. The normalized spacial score (nSPS) is 20.5. The molecular weight excluding hydrogens is 332 g/mol. The van der Waals surface area contributed by atoms with Crippen molar-refractivity contribution in [2.75, 3.05) is 18.5 Å². The van der Waals surface area contributed by atoms with Gasteiger partial charge in [0.15, 0.2) is 6.61 Å². The molecule has 1 aromatic rings. The number of likely N-dealkylation sites (tertiary alicyclic amines) is 1. The third kappa shape index (κ3) is 4.23. The molecule has 1 saturated heterocycles. The van der Waals surface area contributed by atoms with Crippen LogP contribution in [0, 0.1) is 19.8 Å². The first-order valence-corrected chi connectivity index (χ1v) is 9.27. The molecule has 1 saturated carbocycles. The van der Waals surface area contributed by atoms with Crippen LogP contribution in [0.5, 0.6) is 0 Å². The highest BCUT2D eigenvalue weighted by molar-refractivity contribution is 5.94. The van der Waals surface area contributed by atoms with Crippen LogP contribution in [0.3, 0.4) is 0 Å². The number of benzene rings is 1. The maximum atomic E-state index is 12.2. The average Bonchev–Trinajstić information content (AvgIpc) is 3.24. The molecule has 2 fully saturated rings. The lowest BCUT2D eigenvalue weighted by molar-refractivity contribution is -0.151. The van der Waals surface area contributed by atoms with E-state index in [1.165, 1.54) is 0 Å². The van der Waals surface area contributed by atoms with Gasteiger partial charge in [-0.15, -0.1) is 0 Å². The van der Waals surface area contributed by atoms with Gasteiger partial charge in [0.25, 0.3) is 5.91 Å². The molecule has 1 aliphatic heterocycles. The van der Waals surface area contributed by atoms with Crippen LogP contribution in [0.15, 0.2) is 18.2 Å². The van der Waals surface area contributed by atoms with Crippen molar-refractivity contribution in [3.63, 3.8) is 0 Å². The van der Waals surface area contributed by atoms with Gasteiger partial charge in [-0.2, -0.15) is 0 Å². The number of esters is 1. The Morgan fingerprint density at radius 3 is 2.65 bits per heavy atom. The summed E-state index contributed by atoms with van der Waals surface area (Å²) in [6.45, 7) is 3.98. The van der Waals surface area contributed by atoms with Crippen LogP contribution < -0.4 is 5.32 Å². The maximum Gasteiger partial charge on any atom is 0.311 e. The first kappa shape index (κ1) is 18.4. The summed E-state index contributed by atoms with van der Waals surface area (Å²) in [6, 6.07) is 5.99. The highest BCUT2D eigenvalue weighted by Gasteiger charge is 2.39. The number of ether oxygens (including phenoxy) is 1. The molecule has 0 bridgehead atoms. The third-order valence-electron chi connectivity index (χ3n) is 5.26. The van der Waals surface area contributed by atoms with E-state index in [1.807, 2.05) is 36.9 Å². The lowest BCUT2D eigenvalue weighted by atomic mass is 10.1. The molecule has 6 nitrogen and oxygen atoms in total. The predicted molar refractivity (Wildman–Crippen MR) is 97.6 cm³/mol. The van der Waals surface area contributed by atoms with Crippen LogP contribution in [0.25, 0.3) is 0 Å². The molecule has 1 N–H and O–H groups in total. The van der Waals surface area contributed by atoms with Crippen LogP contribution in [0.2, 0.25) is 0 Å². The van der Waals surface area contributed by atoms with Gasteiger partial charge >= 0.3 is 5.97 Å². The zero-order valence-corrected chi connectivity index (χ0v) is 15.4. The van der Waals surface area contributed by atoms with E-state index in [0.717, 1.165) is 36.8 Å². The van der Waals surface area contributed by atoms with Gasteiger partial charge in [0.05, 0.1) is 5.92 Å². The van der Waals surface area contributed by atoms with E-state index in [2.05, 4.69) is 5.32 Å². The van der Waals surface area contributed by atoms with Gasteiger partial charge in [-0.1, -0.05) is 30.5 Å². The van der Waals surface area contributed by atoms with Gasteiger partial charge in [0.1, 0.15) is 0 Å². The van der Waals surface area contributed by atoms with Gasteiger partial charge in [0.2, 0.25) is 5.91 Å². The van der Waals surface area contributed by atoms with Crippen LogP contribution in [0.1, 0.15) is 43.2 Å². The van der Waals surface area contributed by atoms with E-state index in [9.17, 15) is 14.4 Å². The Morgan fingerprint density at radius 1 is 1.23 bits per heavy atom. The lowest BCUT2D eigenvalue weighted by Gasteiger charge is -2.23. The summed E-state index contributed by atoms with van der Waals surface area (Å²) in [6.07, 6.45) is 4.51. The van der Waals surface area contributed by atoms with Crippen molar-refractivity contribution in [1.82, 2.24) is 4.90 Å². The van der Waals surface area contributed by atoms with E-state index in [4.69, 9.17) is 4.74 Å². The van der Waals surface area contributed by atoms with E-state index in [0.29, 0.717) is 12.2 Å². The first-order valence-electron chi connectivity index (χ1n) is 9.27. The van der Waals surface area contributed by atoms with Gasteiger partial charge in [-0.3, -0.25) is 14.4 Å². The van der Waals surface area contributed by atoms with Crippen molar-refractivity contribution in [2.45, 2.75) is 52.0 Å².